The third-order valence-electron chi connectivity index (χ3n) is 1.41. The van der Waals surface area contributed by atoms with E-state index in [1.165, 1.54) is 0 Å². The molecule has 12 heavy (non-hydrogen) atoms. The lowest BCUT2D eigenvalue weighted by Crippen LogP contribution is -1.92. The van der Waals surface area contributed by atoms with Crippen molar-refractivity contribution >= 4 is 35.2 Å². The Balaban J connectivity index is 3.18. The largest absolute Gasteiger partial charge is 0.399 e. The monoisotopic (exact) mass is 202 g/mol. The van der Waals surface area contributed by atoms with Crippen molar-refractivity contribution in [3.05, 3.63) is 27.7 Å². The van der Waals surface area contributed by atoms with Gasteiger partial charge in [-0.15, -0.1) is 0 Å². The first-order valence-electron chi connectivity index (χ1n) is 3.23. The lowest BCUT2D eigenvalue weighted by atomic mass is 10.1. The van der Waals surface area contributed by atoms with E-state index in [9.17, 15) is 4.79 Å². The number of hydrogen-bond donors (Lipinski definition) is 1. The summed E-state index contributed by atoms with van der Waals surface area (Å²) in [5, 5.41) is 0.812. The van der Waals surface area contributed by atoms with Crippen LogP contribution >= 0.6 is 23.2 Å². The van der Waals surface area contributed by atoms with Gasteiger partial charge in [0.05, 0.1) is 0 Å². The van der Waals surface area contributed by atoms with Gasteiger partial charge in [0.1, 0.15) is 0 Å². The minimum atomic E-state index is 0.0952. The molecule has 0 aliphatic heterocycles. The number of hydrogen-bond acceptors (Lipinski definition) is 2. The van der Waals surface area contributed by atoms with Crippen molar-refractivity contribution in [2.45, 2.75) is 6.42 Å². The van der Waals surface area contributed by atoms with Gasteiger partial charge in [-0.2, -0.15) is 0 Å². The van der Waals surface area contributed by atoms with E-state index in [1.807, 2.05) is 0 Å². The van der Waals surface area contributed by atoms with E-state index < -0.39 is 0 Å². The molecule has 0 unspecified atom stereocenters. The molecule has 0 aliphatic rings. The Labute approximate surface area is 80.3 Å². The van der Waals surface area contributed by atoms with Crippen LogP contribution < -0.4 is 5.73 Å². The minimum Gasteiger partial charge on any atom is -0.399 e. The molecule has 2 N–H and O–H groups in total. The molecule has 0 aromatic heterocycles. The van der Waals surface area contributed by atoms with Crippen molar-refractivity contribution in [2.75, 3.05) is 5.73 Å². The third kappa shape index (κ3) is 1.90. The molecule has 1 radical (unpaired) electrons. The normalized spacial score (nSPS) is 9.83. The van der Waals surface area contributed by atoms with Crippen LogP contribution in [0.2, 0.25) is 10.0 Å². The second-order valence-corrected chi connectivity index (χ2v) is 3.10. The fourth-order valence-corrected chi connectivity index (χ4v) is 1.50. The third-order valence-corrected chi connectivity index (χ3v) is 2.09. The van der Waals surface area contributed by atoms with Crippen molar-refractivity contribution in [3.8, 4) is 0 Å². The van der Waals surface area contributed by atoms with Crippen LogP contribution in [0.15, 0.2) is 12.1 Å². The maximum absolute atomic E-state index is 10.1. The van der Waals surface area contributed by atoms with Crippen LogP contribution in [0.3, 0.4) is 0 Å². The highest BCUT2D eigenvalue weighted by molar-refractivity contribution is 6.36. The number of anilines is 1. The van der Waals surface area contributed by atoms with Gasteiger partial charge in [-0.25, -0.2) is 0 Å². The van der Waals surface area contributed by atoms with Gasteiger partial charge in [0, 0.05) is 22.2 Å². The average molecular weight is 203 g/mol. The highest BCUT2D eigenvalue weighted by Crippen LogP contribution is 2.27. The quantitative estimate of drug-likeness (QED) is 0.748. The molecule has 0 fully saturated rings. The van der Waals surface area contributed by atoms with Gasteiger partial charge in [-0.3, -0.25) is 4.79 Å². The van der Waals surface area contributed by atoms with E-state index in [4.69, 9.17) is 28.9 Å². The molecule has 0 atom stereocenters. The van der Waals surface area contributed by atoms with Crippen LogP contribution in [0.5, 0.6) is 0 Å². The lowest BCUT2D eigenvalue weighted by molar-refractivity contribution is 0.555. The van der Waals surface area contributed by atoms with Crippen LogP contribution in [0, 0.1) is 0 Å². The Hall–Kier alpha value is -0.730. The Morgan fingerprint density at radius 1 is 1.33 bits per heavy atom. The van der Waals surface area contributed by atoms with E-state index in [2.05, 4.69) is 0 Å². The van der Waals surface area contributed by atoms with E-state index in [0.29, 0.717) is 21.3 Å². The zero-order chi connectivity index (χ0) is 9.14. The molecule has 4 heteroatoms. The minimum absolute atomic E-state index is 0.0952. The van der Waals surface area contributed by atoms with Gasteiger partial charge in [0.2, 0.25) is 6.29 Å². The number of rotatable bonds is 2. The van der Waals surface area contributed by atoms with Crippen LogP contribution in [-0.2, 0) is 11.2 Å². The zero-order valence-electron chi connectivity index (χ0n) is 6.10. The summed E-state index contributed by atoms with van der Waals surface area (Å²) in [5.41, 5.74) is 6.51. The molecule has 0 bridgehead atoms. The number of nitrogen functional groups attached to an aromatic ring is 1. The molecule has 1 aromatic rings. The first-order valence-corrected chi connectivity index (χ1v) is 3.99. The second kappa shape index (κ2) is 3.78. The molecule has 0 saturated carbocycles. The maximum atomic E-state index is 10.1. The van der Waals surface area contributed by atoms with E-state index in [-0.39, 0.29) is 6.42 Å². The van der Waals surface area contributed by atoms with Gasteiger partial charge in [-0.05, 0) is 17.7 Å². The lowest BCUT2D eigenvalue weighted by Gasteiger charge is -2.03. The van der Waals surface area contributed by atoms with E-state index in [0.717, 1.165) is 0 Å². The molecule has 1 aromatic carbocycles. The Bertz CT molecular complexity index is 289. The van der Waals surface area contributed by atoms with Crippen molar-refractivity contribution in [1.82, 2.24) is 0 Å². The molecule has 2 nitrogen and oxygen atoms in total. The summed E-state index contributed by atoms with van der Waals surface area (Å²) in [6, 6.07) is 3.11. The molecular weight excluding hydrogens is 197 g/mol. The van der Waals surface area contributed by atoms with Crippen molar-refractivity contribution in [1.29, 1.82) is 0 Å². The van der Waals surface area contributed by atoms with Crippen molar-refractivity contribution in [3.63, 3.8) is 0 Å². The van der Waals surface area contributed by atoms with E-state index in [1.54, 1.807) is 18.4 Å². The van der Waals surface area contributed by atoms with E-state index >= 15 is 0 Å². The van der Waals surface area contributed by atoms with Crippen LogP contribution in [0.1, 0.15) is 5.56 Å². The average Bonchev–Trinajstić information content (AvgIpc) is 1.96. The summed E-state index contributed by atoms with van der Waals surface area (Å²) in [4.78, 5) is 10.1. The molecule has 0 heterocycles. The summed E-state index contributed by atoms with van der Waals surface area (Å²) in [5.74, 6) is 0. The molecule has 0 amide bonds. The number of nitrogens with two attached hydrogens (primary N) is 1. The van der Waals surface area contributed by atoms with Crippen LogP contribution in [-0.4, -0.2) is 6.29 Å². The molecular formula is C8H6Cl2NO. The van der Waals surface area contributed by atoms with Crippen LogP contribution in [0.25, 0.3) is 0 Å². The van der Waals surface area contributed by atoms with Gasteiger partial charge >= 0.3 is 0 Å². The fraction of sp³-hybridized carbons (Fsp3) is 0.125. The standard InChI is InChI=1S/C8H6Cl2NO/c9-7-3-5(11)4-8(10)6(7)1-2-12/h3-4H,1,11H2. The topological polar surface area (TPSA) is 43.1 Å². The zero-order valence-corrected chi connectivity index (χ0v) is 7.62. The first-order chi connectivity index (χ1) is 5.65. The Kier molecular flexibility index (Phi) is 2.95. The smallest absolute Gasteiger partial charge is 0.203 e. The summed E-state index contributed by atoms with van der Waals surface area (Å²) in [6.45, 7) is 0. The summed E-state index contributed by atoms with van der Waals surface area (Å²) >= 11 is 11.5. The van der Waals surface area contributed by atoms with Gasteiger partial charge < -0.3 is 5.73 Å². The molecule has 0 aliphatic carbocycles. The predicted octanol–water partition coefficient (Wildman–Crippen LogP) is 2.23. The van der Waals surface area contributed by atoms with Gasteiger partial charge in [0.15, 0.2) is 0 Å². The van der Waals surface area contributed by atoms with Crippen molar-refractivity contribution < 1.29 is 4.79 Å². The molecule has 63 valence electrons. The fourth-order valence-electron chi connectivity index (χ4n) is 0.864. The molecule has 0 spiro atoms. The first kappa shape index (κ1) is 9.36. The maximum Gasteiger partial charge on any atom is 0.203 e. The van der Waals surface area contributed by atoms with Crippen molar-refractivity contribution in [2.24, 2.45) is 0 Å². The number of carbonyl (C=O) groups excluding carboxylic acids is 1. The highest BCUT2D eigenvalue weighted by atomic mass is 35.5. The Morgan fingerprint density at radius 2 is 1.83 bits per heavy atom. The second-order valence-electron chi connectivity index (χ2n) is 2.28. The van der Waals surface area contributed by atoms with Gasteiger partial charge in [-0.1, -0.05) is 23.2 Å². The summed E-state index contributed by atoms with van der Waals surface area (Å²) in [6.07, 6.45) is 1.82. The SMILES string of the molecule is Nc1cc(Cl)c(C[C]=O)c(Cl)c1. The predicted molar refractivity (Wildman–Crippen MR) is 50.3 cm³/mol. The summed E-state index contributed by atoms with van der Waals surface area (Å²) in [7, 11) is 0. The van der Waals surface area contributed by atoms with Gasteiger partial charge in [0.25, 0.3) is 0 Å². The Morgan fingerprint density at radius 3 is 2.25 bits per heavy atom. The summed E-state index contributed by atoms with van der Waals surface area (Å²) < 4.78 is 0. The molecule has 1 rings (SSSR count). The number of halogens is 2. The van der Waals surface area contributed by atoms with Crippen LogP contribution in [0.4, 0.5) is 5.69 Å². The number of benzene rings is 1. The highest BCUT2D eigenvalue weighted by Gasteiger charge is 2.06. The molecule has 0 saturated heterocycles.